The topological polar surface area (TPSA) is 221 Å². The summed E-state index contributed by atoms with van der Waals surface area (Å²) in [6, 6.07) is 0. The summed E-state index contributed by atoms with van der Waals surface area (Å²) in [4.78, 5) is 21.6. The van der Waals surface area contributed by atoms with Crippen molar-refractivity contribution in [3.8, 4) is 0 Å². The maximum Gasteiger partial charge on any atom is 0.306 e. The normalized spacial score (nSPS) is 11.5. The third kappa shape index (κ3) is 54.3. The van der Waals surface area contributed by atoms with Crippen LogP contribution in [0.25, 0.3) is 0 Å². The van der Waals surface area contributed by atoms with Crippen LogP contribution < -0.4 is 0 Å². The van der Waals surface area contributed by atoms with E-state index >= 15 is 0 Å². The molecule has 60 heavy (non-hydrogen) atoms. The Balaban J connectivity index is 3.08. The molecule has 21 nitrogen and oxygen atoms in total. The molecule has 0 aromatic carbocycles. The monoisotopic (exact) mass is 880 g/mol. The lowest BCUT2D eigenvalue weighted by molar-refractivity contribution is -0.149. The third-order valence-electron chi connectivity index (χ3n) is 7.05. The van der Waals surface area contributed by atoms with Crippen molar-refractivity contribution in [1.82, 2.24) is 0 Å². The molecule has 0 saturated heterocycles. The lowest BCUT2D eigenvalue weighted by Gasteiger charge is -2.09. The van der Waals surface area contributed by atoms with E-state index in [-0.39, 0.29) is 26.1 Å². The average Bonchev–Trinajstić information content (AvgIpc) is 3.24. The Bertz CT molecular complexity index is 846. The van der Waals surface area contributed by atoms with Gasteiger partial charge in [0, 0.05) is 7.11 Å². The Morgan fingerprint density at radius 3 is 0.600 bits per heavy atom. The minimum atomic E-state index is -1.04. The standard InChI is InChI=1S/C39H76O21/c1-43-4-5-44-6-7-45-8-9-46-10-11-47-12-13-48-14-15-49-16-17-50-18-19-51-20-21-52-22-23-53-24-25-54-26-27-55-28-29-56-30-31-57-32-33-58-34-35-59-36-37-60-39(42)3-2-38(40)41/h2-37H2,1H3,(H,40,41). The van der Waals surface area contributed by atoms with Gasteiger partial charge in [0.25, 0.3) is 0 Å². The Kier molecular flexibility index (Phi) is 51.8. The number of ether oxygens (including phenoxy) is 18. The van der Waals surface area contributed by atoms with Crippen LogP contribution in [-0.4, -0.2) is 249 Å². The first-order chi connectivity index (χ1) is 29.7. The van der Waals surface area contributed by atoms with Gasteiger partial charge < -0.3 is 90.4 Å². The SMILES string of the molecule is COCCOCCOCCOCCOCCOCCOCCOCCOCCOCCOCCOCCOCCOCCOCCOCCOCCOC(=O)CCC(=O)O. The molecule has 0 aliphatic carbocycles. The average molecular weight is 881 g/mol. The Labute approximate surface area is 356 Å². The summed E-state index contributed by atoms with van der Waals surface area (Å²) < 4.78 is 96.8. The van der Waals surface area contributed by atoms with Gasteiger partial charge in [-0.1, -0.05) is 0 Å². The highest BCUT2D eigenvalue weighted by molar-refractivity contribution is 5.76. The van der Waals surface area contributed by atoms with E-state index in [1.807, 2.05) is 0 Å². The molecular weight excluding hydrogens is 804 g/mol. The Hall–Kier alpha value is -1.74. The number of esters is 1. The number of carboxylic acids is 1. The maximum absolute atomic E-state index is 11.2. The van der Waals surface area contributed by atoms with E-state index in [0.29, 0.717) is 211 Å². The van der Waals surface area contributed by atoms with Crippen molar-refractivity contribution in [2.24, 2.45) is 0 Å². The van der Waals surface area contributed by atoms with Crippen LogP contribution in [0.4, 0.5) is 0 Å². The summed E-state index contributed by atoms with van der Waals surface area (Å²) in [7, 11) is 1.64. The van der Waals surface area contributed by atoms with Crippen molar-refractivity contribution in [3.05, 3.63) is 0 Å². The summed E-state index contributed by atoms with van der Waals surface area (Å²) in [5.41, 5.74) is 0. The lowest BCUT2D eigenvalue weighted by atomic mass is 10.3. The summed E-state index contributed by atoms with van der Waals surface area (Å²) in [6.45, 7) is 15.8. The fourth-order valence-electron chi connectivity index (χ4n) is 4.04. The summed E-state index contributed by atoms with van der Waals surface area (Å²) in [5, 5.41) is 8.51. The second kappa shape index (κ2) is 53.4. The van der Waals surface area contributed by atoms with E-state index < -0.39 is 11.9 Å². The smallest absolute Gasteiger partial charge is 0.306 e. The molecule has 0 aromatic rings. The fraction of sp³-hybridized carbons (Fsp3) is 0.949. The zero-order valence-corrected chi connectivity index (χ0v) is 36.1. The number of hydrogen-bond acceptors (Lipinski definition) is 20. The Morgan fingerprint density at radius 1 is 0.267 bits per heavy atom. The molecule has 0 spiro atoms. The van der Waals surface area contributed by atoms with E-state index in [1.165, 1.54) is 0 Å². The zero-order valence-electron chi connectivity index (χ0n) is 36.1. The van der Waals surface area contributed by atoms with Crippen LogP contribution in [-0.2, 0) is 94.9 Å². The number of rotatable bonds is 54. The highest BCUT2D eigenvalue weighted by atomic mass is 16.6. The molecule has 0 amide bonds. The van der Waals surface area contributed by atoms with Crippen molar-refractivity contribution in [3.63, 3.8) is 0 Å². The number of methoxy groups -OCH3 is 1. The number of hydrogen-bond donors (Lipinski definition) is 1. The van der Waals surface area contributed by atoms with Gasteiger partial charge in [0.1, 0.15) is 6.61 Å². The van der Waals surface area contributed by atoms with Crippen molar-refractivity contribution < 1.29 is 100.0 Å². The first-order valence-electron chi connectivity index (χ1n) is 20.8. The van der Waals surface area contributed by atoms with Crippen LogP contribution in [0.3, 0.4) is 0 Å². The van der Waals surface area contributed by atoms with Gasteiger partial charge >= 0.3 is 11.9 Å². The summed E-state index contributed by atoms with van der Waals surface area (Å²) in [5.74, 6) is -1.60. The molecular formula is C39H76O21. The second-order valence-corrected chi connectivity index (χ2v) is 11.9. The molecule has 0 saturated carbocycles. The fourth-order valence-corrected chi connectivity index (χ4v) is 4.04. The molecule has 0 aliphatic heterocycles. The predicted molar refractivity (Wildman–Crippen MR) is 213 cm³/mol. The number of carbonyl (C=O) groups is 2. The largest absolute Gasteiger partial charge is 0.481 e. The summed E-state index contributed by atoms with van der Waals surface area (Å²) in [6.07, 6.45) is -0.397. The minimum Gasteiger partial charge on any atom is -0.481 e. The van der Waals surface area contributed by atoms with Gasteiger partial charge in [-0.2, -0.15) is 0 Å². The van der Waals surface area contributed by atoms with Gasteiger partial charge in [-0.05, 0) is 0 Å². The Morgan fingerprint density at radius 2 is 0.433 bits per heavy atom. The molecule has 1 N–H and O–H groups in total. The lowest BCUT2D eigenvalue weighted by Crippen LogP contribution is -2.16. The van der Waals surface area contributed by atoms with Crippen LogP contribution in [0, 0.1) is 0 Å². The number of carboxylic acid groups (broad SMARTS) is 1. The van der Waals surface area contributed by atoms with Crippen molar-refractivity contribution in [2.75, 3.05) is 232 Å². The van der Waals surface area contributed by atoms with Gasteiger partial charge in [-0.15, -0.1) is 0 Å². The highest BCUT2D eigenvalue weighted by Crippen LogP contribution is 1.93. The van der Waals surface area contributed by atoms with E-state index in [4.69, 9.17) is 90.4 Å². The summed E-state index contributed by atoms with van der Waals surface area (Å²) >= 11 is 0. The highest BCUT2D eigenvalue weighted by Gasteiger charge is 2.06. The van der Waals surface area contributed by atoms with Gasteiger partial charge in [0.05, 0.1) is 231 Å². The van der Waals surface area contributed by atoms with Crippen LogP contribution >= 0.6 is 0 Å². The van der Waals surface area contributed by atoms with Gasteiger partial charge in [-0.25, -0.2) is 0 Å². The molecule has 0 radical (unpaired) electrons. The van der Waals surface area contributed by atoms with Crippen LogP contribution in [0.2, 0.25) is 0 Å². The van der Waals surface area contributed by atoms with E-state index in [9.17, 15) is 9.59 Å². The van der Waals surface area contributed by atoms with Crippen LogP contribution in [0.15, 0.2) is 0 Å². The van der Waals surface area contributed by atoms with Crippen molar-refractivity contribution in [2.45, 2.75) is 12.8 Å². The minimum absolute atomic E-state index is 0.0760. The molecule has 0 bridgehead atoms. The van der Waals surface area contributed by atoms with Crippen LogP contribution in [0.1, 0.15) is 12.8 Å². The molecule has 0 unspecified atom stereocenters. The second-order valence-electron chi connectivity index (χ2n) is 11.9. The number of aliphatic carboxylic acids is 1. The van der Waals surface area contributed by atoms with Crippen molar-refractivity contribution in [1.29, 1.82) is 0 Å². The molecule has 0 aromatic heterocycles. The van der Waals surface area contributed by atoms with Crippen molar-refractivity contribution >= 4 is 11.9 Å². The molecule has 0 heterocycles. The van der Waals surface area contributed by atoms with E-state index in [2.05, 4.69) is 0 Å². The molecule has 358 valence electrons. The van der Waals surface area contributed by atoms with E-state index in [1.54, 1.807) is 7.11 Å². The predicted octanol–water partition coefficient (Wildman–Crippen LogP) is 0.306. The van der Waals surface area contributed by atoms with Gasteiger partial charge in [0.2, 0.25) is 0 Å². The molecule has 0 fully saturated rings. The zero-order chi connectivity index (χ0) is 43.3. The van der Waals surface area contributed by atoms with Crippen LogP contribution in [0.5, 0.6) is 0 Å². The first kappa shape index (κ1) is 58.3. The molecule has 0 aliphatic rings. The number of carbonyl (C=O) groups excluding carboxylic acids is 1. The van der Waals surface area contributed by atoms with Gasteiger partial charge in [0.15, 0.2) is 0 Å². The molecule has 0 atom stereocenters. The molecule has 0 rings (SSSR count). The van der Waals surface area contributed by atoms with E-state index in [0.717, 1.165) is 0 Å². The third-order valence-corrected chi connectivity index (χ3v) is 7.05. The quantitative estimate of drug-likeness (QED) is 0.0642. The molecule has 21 heteroatoms. The maximum atomic E-state index is 11.2. The van der Waals surface area contributed by atoms with Gasteiger partial charge in [-0.3, -0.25) is 9.59 Å². The first-order valence-corrected chi connectivity index (χ1v) is 20.8.